The molecule has 0 atom stereocenters. The van der Waals surface area contributed by atoms with Crippen LogP contribution in [0.4, 0.5) is 20.2 Å². The average molecular weight is 460 g/mol. The standard InChI is InChI=1S/C20H24ClF2N3O3S/c1-15-8-9-16(14-18(15)25-11-5-10-24(2)12-13-25)30(27,28)26(21)17-6-3-4-7-19(17)29-20(22)23/h3-4,6-9,14,20H,5,10-13H2,1-2H3. The summed E-state index contributed by atoms with van der Waals surface area (Å²) in [6.45, 7) is 2.25. The minimum Gasteiger partial charge on any atom is -0.433 e. The summed E-state index contributed by atoms with van der Waals surface area (Å²) in [5.41, 5.74) is 1.58. The summed E-state index contributed by atoms with van der Waals surface area (Å²) < 4.78 is 56.6. The van der Waals surface area contributed by atoms with Crippen LogP contribution < -0.4 is 13.5 Å². The van der Waals surface area contributed by atoms with E-state index in [4.69, 9.17) is 11.8 Å². The zero-order valence-corrected chi connectivity index (χ0v) is 18.3. The number of hydrogen-bond acceptors (Lipinski definition) is 5. The van der Waals surface area contributed by atoms with Gasteiger partial charge in [0.1, 0.15) is 5.69 Å². The molecule has 30 heavy (non-hydrogen) atoms. The third-order valence-corrected chi connectivity index (χ3v) is 7.22. The Morgan fingerprint density at radius 3 is 2.57 bits per heavy atom. The van der Waals surface area contributed by atoms with Crippen LogP contribution in [-0.2, 0) is 10.0 Å². The van der Waals surface area contributed by atoms with Gasteiger partial charge in [0.05, 0.1) is 4.90 Å². The van der Waals surface area contributed by atoms with Gasteiger partial charge in [0.25, 0.3) is 10.0 Å². The Balaban J connectivity index is 1.95. The molecule has 0 N–H and O–H groups in total. The van der Waals surface area contributed by atoms with Crippen molar-refractivity contribution in [2.45, 2.75) is 24.9 Å². The number of nitrogens with zero attached hydrogens (tertiary/aromatic N) is 3. The van der Waals surface area contributed by atoms with Crippen LogP contribution in [-0.4, -0.2) is 53.2 Å². The molecular formula is C20H24ClF2N3O3S. The molecule has 0 aliphatic carbocycles. The molecule has 2 aromatic carbocycles. The van der Waals surface area contributed by atoms with Gasteiger partial charge in [0.2, 0.25) is 0 Å². The van der Waals surface area contributed by atoms with Crippen LogP contribution in [0.3, 0.4) is 0 Å². The number of likely N-dealkylation sites (N-methyl/N-ethyl adjacent to an activating group) is 1. The molecule has 0 aromatic heterocycles. The van der Waals surface area contributed by atoms with Crippen molar-refractivity contribution in [1.29, 1.82) is 0 Å². The van der Waals surface area contributed by atoms with Gasteiger partial charge in [-0.05, 0) is 56.8 Å². The van der Waals surface area contributed by atoms with E-state index in [2.05, 4.69) is 21.6 Å². The maximum Gasteiger partial charge on any atom is 0.387 e. The minimum absolute atomic E-state index is 0.0254. The first-order chi connectivity index (χ1) is 14.2. The number of halogens is 3. The van der Waals surface area contributed by atoms with E-state index in [1.54, 1.807) is 12.1 Å². The number of aryl methyl sites for hydroxylation is 1. The molecular weight excluding hydrogens is 436 g/mol. The number of ether oxygens (including phenoxy) is 1. The number of rotatable bonds is 6. The van der Waals surface area contributed by atoms with Crippen molar-refractivity contribution < 1.29 is 21.9 Å². The molecule has 3 rings (SSSR count). The SMILES string of the molecule is Cc1ccc(S(=O)(=O)N(Cl)c2ccccc2OC(F)F)cc1N1CCCN(C)CC1. The minimum atomic E-state index is -4.21. The Hall–Kier alpha value is -2.10. The van der Waals surface area contributed by atoms with Crippen LogP contribution >= 0.6 is 11.8 Å². The first-order valence-electron chi connectivity index (χ1n) is 9.49. The Labute approximate surface area is 180 Å². The molecule has 0 saturated carbocycles. The Morgan fingerprint density at radius 2 is 1.83 bits per heavy atom. The van der Waals surface area contributed by atoms with Gasteiger partial charge in [-0.2, -0.15) is 21.0 Å². The first-order valence-corrected chi connectivity index (χ1v) is 11.3. The molecule has 1 heterocycles. The zero-order chi connectivity index (χ0) is 21.9. The fourth-order valence-electron chi connectivity index (χ4n) is 3.40. The third kappa shape index (κ3) is 4.96. The fourth-order valence-corrected chi connectivity index (χ4v) is 4.87. The van der Waals surface area contributed by atoms with Crippen molar-refractivity contribution in [3.05, 3.63) is 48.0 Å². The van der Waals surface area contributed by atoms with Gasteiger partial charge >= 0.3 is 6.61 Å². The lowest BCUT2D eigenvalue weighted by molar-refractivity contribution is -0.0493. The highest BCUT2D eigenvalue weighted by Crippen LogP contribution is 2.36. The summed E-state index contributed by atoms with van der Waals surface area (Å²) >= 11 is 6.14. The molecule has 1 aliphatic heterocycles. The lowest BCUT2D eigenvalue weighted by Crippen LogP contribution is -2.29. The highest BCUT2D eigenvalue weighted by molar-refractivity contribution is 7.94. The molecule has 0 amide bonds. The zero-order valence-electron chi connectivity index (χ0n) is 16.8. The van der Waals surface area contributed by atoms with Crippen molar-refractivity contribution in [1.82, 2.24) is 4.90 Å². The summed E-state index contributed by atoms with van der Waals surface area (Å²) in [5.74, 6) is -0.325. The monoisotopic (exact) mass is 459 g/mol. The third-order valence-electron chi connectivity index (χ3n) is 5.02. The highest BCUT2D eigenvalue weighted by Gasteiger charge is 2.28. The lowest BCUT2D eigenvalue weighted by atomic mass is 10.1. The number of benzene rings is 2. The predicted molar refractivity (Wildman–Crippen MR) is 114 cm³/mol. The van der Waals surface area contributed by atoms with Crippen LogP contribution in [0.1, 0.15) is 12.0 Å². The van der Waals surface area contributed by atoms with Crippen LogP contribution in [0.15, 0.2) is 47.4 Å². The van der Waals surface area contributed by atoms with Crippen molar-refractivity contribution >= 4 is 33.2 Å². The van der Waals surface area contributed by atoms with Gasteiger partial charge < -0.3 is 14.5 Å². The molecule has 10 heteroatoms. The Kier molecular flexibility index (Phi) is 7.05. The average Bonchev–Trinajstić information content (AvgIpc) is 2.92. The van der Waals surface area contributed by atoms with E-state index >= 15 is 0 Å². The van der Waals surface area contributed by atoms with Crippen LogP contribution in [0.2, 0.25) is 0 Å². The van der Waals surface area contributed by atoms with Gasteiger partial charge in [0, 0.05) is 37.1 Å². The molecule has 0 spiro atoms. The van der Waals surface area contributed by atoms with E-state index in [1.807, 2.05) is 6.92 Å². The van der Waals surface area contributed by atoms with Crippen molar-refractivity contribution in [2.24, 2.45) is 0 Å². The molecule has 1 fully saturated rings. The van der Waals surface area contributed by atoms with Crippen molar-refractivity contribution in [3.63, 3.8) is 0 Å². The molecule has 0 unspecified atom stereocenters. The normalized spacial score (nSPS) is 15.9. The quantitative estimate of drug-likeness (QED) is 0.609. The summed E-state index contributed by atoms with van der Waals surface area (Å²) in [7, 11) is -2.15. The Bertz CT molecular complexity index is 991. The second-order valence-electron chi connectivity index (χ2n) is 7.16. The van der Waals surface area contributed by atoms with Crippen LogP contribution in [0, 0.1) is 6.92 Å². The van der Waals surface area contributed by atoms with E-state index < -0.39 is 16.6 Å². The molecule has 1 saturated heterocycles. The van der Waals surface area contributed by atoms with Crippen LogP contribution in [0.25, 0.3) is 0 Å². The second kappa shape index (κ2) is 9.36. The predicted octanol–water partition coefficient (Wildman–Crippen LogP) is 4.09. The largest absolute Gasteiger partial charge is 0.433 e. The van der Waals surface area contributed by atoms with Crippen LogP contribution in [0.5, 0.6) is 5.75 Å². The van der Waals surface area contributed by atoms with E-state index in [0.29, 0.717) is 3.82 Å². The maximum absolute atomic E-state index is 13.2. The van der Waals surface area contributed by atoms with E-state index in [0.717, 1.165) is 43.9 Å². The molecule has 0 bridgehead atoms. The summed E-state index contributed by atoms with van der Waals surface area (Å²) in [4.78, 5) is 4.36. The number of para-hydroxylation sites is 2. The van der Waals surface area contributed by atoms with Gasteiger partial charge in [-0.15, -0.1) is 0 Å². The number of alkyl halides is 2. The first kappa shape index (κ1) is 22.6. The van der Waals surface area contributed by atoms with Gasteiger partial charge in [-0.3, -0.25) is 0 Å². The fraction of sp³-hybridized carbons (Fsp3) is 0.400. The molecule has 6 nitrogen and oxygen atoms in total. The Morgan fingerprint density at radius 1 is 1.10 bits per heavy atom. The lowest BCUT2D eigenvalue weighted by Gasteiger charge is -2.26. The van der Waals surface area contributed by atoms with Gasteiger partial charge in [-0.1, -0.05) is 18.2 Å². The summed E-state index contributed by atoms with van der Waals surface area (Å²) in [6.07, 6.45) is 0.965. The van der Waals surface area contributed by atoms with Crippen molar-refractivity contribution in [2.75, 3.05) is 42.0 Å². The highest BCUT2D eigenvalue weighted by atomic mass is 35.5. The smallest absolute Gasteiger partial charge is 0.387 e. The number of hydrogen-bond donors (Lipinski definition) is 0. The topological polar surface area (TPSA) is 53.1 Å². The molecule has 0 radical (unpaired) electrons. The molecule has 1 aliphatic rings. The van der Waals surface area contributed by atoms with Gasteiger partial charge in [-0.25, -0.2) is 0 Å². The van der Waals surface area contributed by atoms with E-state index in [-0.39, 0.29) is 16.3 Å². The second-order valence-corrected chi connectivity index (χ2v) is 9.48. The molecule has 164 valence electrons. The van der Waals surface area contributed by atoms with E-state index in [9.17, 15) is 17.2 Å². The van der Waals surface area contributed by atoms with E-state index in [1.165, 1.54) is 30.3 Å². The maximum atomic E-state index is 13.2. The summed E-state index contributed by atoms with van der Waals surface area (Å²) in [6, 6.07) is 10.3. The number of anilines is 2. The van der Waals surface area contributed by atoms with Gasteiger partial charge in [0.15, 0.2) is 5.75 Å². The number of sulfonamides is 1. The van der Waals surface area contributed by atoms with Crippen molar-refractivity contribution in [3.8, 4) is 5.75 Å². The molecule has 2 aromatic rings. The summed E-state index contributed by atoms with van der Waals surface area (Å²) in [5, 5.41) is 0.